The first-order chi connectivity index (χ1) is 6.98. The third-order valence-corrected chi connectivity index (χ3v) is 2.68. The van der Waals surface area contributed by atoms with E-state index in [0.717, 1.165) is 0 Å². The number of primary amides is 1. The summed E-state index contributed by atoms with van der Waals surface area (Å²) in [6.45, 7) is 4.16. The normalized spacial score (nSPS) is 11.3. The summed E-state index contributed by atoms with van der Waals surface area (Å²) in [4.78, 5) is 21.5. The molecule has 0 unspecified atom stereocenters. The SMILES string of the molecule is CCC(CC)(NCCCC(N)=O)C(=O)O. The van der Waals surface area contributed by atoms with Crippen molar-refractivity contribution in [3.8, 4) is 0 Å². The Labute approximate surface area is 90.0 Å². The zero-order valence-electron chi connectivity index (χ0n) is 9.38. The molecule has 0 aromatic heterocycles. The van der Waals surface area contributed by atoms with E-state index in [4.69, 9.17) is 10.8 Å². The van der Waals surface area contributed by atoms with Gasteiger partial charge in [-0.2, -0.15) is 0 Å². The number of carbonyl (C=O) groups is 2. The first-order valence-corrected chi connectivity index (χ1v) is 5.25. The maximum absolute atomic E-state index is 11.1. The Hall–Kier alpha value is -1.10. The molecule has 0 aliphatic carbocycles. The van der Waals surface area contributed by atoms with E-state index >= 15 is 0 Å². The van der Waals surface area contributed by atoms with Crippen molar-refractivity contribution < 1.29 is 14.7 Å². The van der Waals surface area contributed by atoms with Crippen molar-refractivity contribution in [3.05, 3.63) is 0 Å². The lowest BCUT2D eigenvalue weighted by Gasteiger charge is -2.28. The van der Waals surface area contributed by atoms with Crippen molar-refractivity contribution in [2.75, 3.05) is 6.54 Å². The lowest BCUT2D eigenvalue weighted by molar-refractivity contribution is -0.145. The topological polar surface area (TPSA) is 92.4 Å². The second-order valence-corrected chi connectivity index (χ2v) is 3.59. The first-order valence-electron chi connectivity index (χ1n) is 5.25. The minimum Gasteiger partial charge on any atom is -0.480 e. The summed E-state index contributed by atoms with van der Waals surface area (Å²) in [7, 11) is 0. The van der Waals surface area contributed by atoms with Crippen LogP contribution in [0.3, 0.4) is 0 Å². The van der Waals surface area contributed by atoms with Gasteiger partial charge in [0, 0.05) is 6.42 Å². The number of carboxylic acids is 1. The number of hydrogen-bond donors (Lipinski definition) is 3. The van der Waals surface area contributed by atoms with Crippen LogP contribution in [0.25, 0.3) is 0 Å². The highest BCUT2D eigenvalue weighted by atomic mass is 16.4. The molecule has 0 radical (unpaired) electrons. The van der Waals surface area contributed by atoms with Gasteiger partial charge in [-0.05, 0) is 25.8 Å². The lowest BCUT2D eigenvalue weighted by atomic mass is 9.93. The summed E-state index contributed by atoms with van der Waals surface area (Å²) in [5, 5.41) is 12.1. The molecule has 0 bridgehead atoms. The van der Waals surface area contributed by atoms with Crippen molar-refractivity contribution in [2.24, 2.45) is 5.73 Å². The number of hydrogen-bond acceptors (Lipinski definition) is 3. The summed E-state index contributed by atoms with van der Waals surface area (Å²) in [6, 6.07) is 0. The molecule has 0 atom stereocenters. The minimum absolute atomic E-state index is 0.288. The molecule has 0 aliphatic rings. The largest absolute Gasteiger partial charge is 0.480 e. The fourth-order valence-corrected chi connectivity index (χ4v) is 1.47. The summed E-state index contributed by atoms with van der Waals surface area (Å²) in [5.41, 5.74) is 4.12. The van der Waals surface area contributed by atoms with Gasteiger partial charge >= 0.3 is 5.97 Å². The third kappa shape index (κ3) is 4.29. The summed E-state index contributed by atoms with van der Waals surface area (Å²) in [5.74, 6) is -1.20. The number of carboxylic acid groups (broad SMARTS) is 1. The standard InChI is InChI=1S/C10H20N2O3/c1-3-10(4-2,9(14)15)12-7-5-6-8(11)13/h12H,3-7H2,1-2H3,(H2,11,13)(H,14,15). The summed E-state index contributed by atoms with van der Waals surface area (Å²) >= 11 is 0. The Morgan fingerprint density at radius 2 is 1.87 bits per heavy atom. The summed E-state index contributed by atoms with van der Waals surface area (Å²) in [6.07, 6.45) is 1.91. The van der Waals surface area contributed by atoms with Crippen LogP contribution >= 0.6 is 0 Å². The van der Waals surface area contributed by atoms with Crippen LogP contribution in [0.5, 0.6) is 0 Å². The Morgan fingerprint density at radius 1 is 1.33 bits per heavy atom. The molecule has 5 nitrogen and oxygen atoms in total. The lowest BCUT2D eigenvalue weighted by Crippen LogP contribution is -2.51. The highest BCUT2D eigenvalue weighted by Crippen LogP contribution is 2.15. The van der Waals surface area contributed by atoms with Gasteiger partial charge in [0.05, 0.1) is 0 Å². The average Bonchev–Trinajstić information content (AvgIpc) is 2.18. The van der Waals surface area contributed by atoms with E-state index < -0.39 is 11.5 Å². The molecule has 0 aliphatic heterocycles. The van der Waals surface area contributed by atoms with Gasteiger partial charge in [-0.1, -0.05) is 13.8 Å². The minimum atomic E-state index is -0.863. The Bertz CT molecular complexity index is 225. The van der Waals surface area contributed by atoms with Crippen molar-refractivity contribution >= 4 is 11.9 Å². The quantitative estimate of drug-likeness (QED) is 0.515. The van der Waals surface area contributed by atoms with Crippen LogP contribution in [0, 0.1) is 0 Å². The van der Waals surface area contributed by atoms with Gasteiger partial charge in [0.2, 0.25) is 5.91 Å². The molecule has 88 valence electrons. The molecule has 0 aromatic rings. The Balaban J connectivity index is 4.07. The number of carbonyl (C=O) groups excluding carboxylic acids is 1. The molecular formula is C10H20N2O3. The molecule has 0 saturated heterocycles. The average molecular weight is 216 g/mol. The van der Waals surface area contributed by atoms with Crippen LogP contribution in [0.15, 0.2) is 0 Å². The van der Waals surface area contributed by atoms with E-state index in [1.165, 1.54) is 0 Å². The van der Waals surface area contributed by atoms with Gasteiger partial charge in [0.15, 0.2) is 0 Å². The highest BCUT2D eigenvalue weighted by Gasteiger charge is 2.33. The van der Waals surface area contributed by atoms with E-state index in [2.05, 4.69) is 5.32 Å². The van der Waals surface area contributed by atoms with Crippen LogP contribution < -0.4 is 11.1 Å². The zero-order valence-corrected chi connectivity index (χ0v) is 9.38. The van der Waals surface area contributed by atoms with Gasteiger partial charge in [-0.15, -0.1) is 0 Å². The second-order valence-electron chi connectivity index (χ2n) is 3.59. The molecule has 0 fully saturated rings. The van der Waals surface area contributed by atoms with Crippen LogP contribution in [-0.2, 0) is 9.59 Å². The van der Waals surface area contributed by atoms with Crippen molar-refractivity contribution in [2.45, 2.75) is 45.1 Å². The fourth-order valence-electron chi connectivity index (χ4n) is 1.47. The monoisotopic (exact) mass is 216 g/mol. The van der Waals surface area contributed by atoms with Gasteiger partial charge in [-0.25, -0.2) is 0 Å². The van der Waals surface area contributed by atoms with Gasteiger partial charge in [0.25, 0.3) is 0 Å². The van der Waals surface area contributed by atoms with Crippen molar-refractivity contribution in [1.29, 1.82) is 0 Å². The number of aliphatic carboxylic acids is 1. The number of nitrogens with one attached hydrogen (secondary N) is 1. The molecule has 5 heteroatoms. The van der Waals surface area contributed by atoms with Crippen LogP contribution in [0.2, 0.25) is 0 Å². The Kier molecular flexibility index (Phi) is 5.93. The van der Waals surface area contributed by atoms with Gasteiger partial charge < -0.3 is 16.2 Å². The molecule has 4 N–H and O–H groups in total. The van der Waals surface area contributed by atoms with E-state index in [0.29, 0.717) is 25.8 Å². The molecular weight excluding hydrogens is 196 g/mol. The number of amides is 1. The van der Waals surface area contributed by atoms with Crippen LogP contribution in [0.4, 0.5) is 0 Å². The maximum Gasteiger partial charge on any atom is 0.323 e. The molecule has 0 saturated carbocycles. The predicted octanol–water partition coefficient (Wildman–Crippen LogP) is 0.485. The van der Waals surface area contributed by atoms with Gasteiger partial charge in [0.1, 0.15) is 5.54 Å². The fraction of sp³-hybridized carbons (Fsp3) is 0.800. The van der Waals surface area contributed by atoms with E-state index in [1.54, 1.807) is 0 Å². The molecule has 1 amide bonds. The maximum atomic E-state index is 11.1. The van der Waals surface area contributed by atoms with Gasteiger partial charge in [-0.3, -0.25) is 9.59 Å². The molecule has 0 aromatic carbocycles. The van der Waals surface area contributed by atoms with E-state index in [-0.39, 0.29) is 12.3 Å². The summed E-state index contributed by atoms with van der Waals surface area (Å²) < 4.78 is 0. The second kappa shape index (κ2) is 6.40. The third-order valence-electron chi connectivity index (χ3n) is 2.68. The first kappa shape index (κ1) is 13.9. The van der Waals surface area contributed by atoms with E-state index in [1.807, 2.05) is 13.8 Å². The molecule has 0 spiro atoms. The number of rotatable bonds is 8. The van der Waals surface area contributed by atoms with Crippen molar-refractivity contribution in [3.63, 3.8) is 0 Å². The van der Waals surface area contributed by atoms with Crippen LogP contribution in [0.1, 0.15) is 39.5 Å². The van der Waals surface area contributed by atoms with Crippen molar-refractivity contribution in [1.82, 2.24) is 5.32 Å². The highest BCUT2D eigenvalue weighted by molar-refractivity contribution is 5.78. The smallest absolute Gasteiger partial charge is 0.323 e. The number of nitrogens with two attached hydrogens (primary N) is 1. The Morgan fingerprint density at radius 3 is 2.20 bits per heavy atom. The molecule has 0 heterocycles. The van der Waals surface area contributed by atoms with E-state index in [9.17, 15) is 9.59 Å². The zero-order chi connectivity index (χ0) is 11.9. The molecule has 15 heavy (non-hydrogen) atoms. The van der Waals surface area contributed by atoms with Crippen LogP contribution in [-0.4, -0.2) is 29.1 Å². The molecule has 0 rings (SSSR count). The predicted molar refractivity (Wildman–Crippen MR) is 57.4 cm³/mol.